The Morgan fingerprint density at radius 2 is 1.31 bits per heavy atom. The molecule has 0 heterocycles. The summed E-state index contributed by atoms with van der Waals surface area (Å²) >= 11 is 0. The Morgan fingerprint density at radius 1 is 0.844 bits per heavy atom. The number of hydrogen-bond donors (Lipinski definition) is 4. The number of amidine groups is 2. The fourth-order valence-electron chi connectivity index (χ4n) is 1.27. The van der Waals surface area contributed by atoms with Crippen LogP contribution in [0.2, 0.25) is 0 Å². The molecule has 0 amide bonds. The first-order valence-electron chi connectivity index (χ1n) is 11.1. The Bertz CT molecular complexity index is 491. The molecule has 10 heteroatoms. The molecular weight excluding hydrogens is 416 g/mol. The minimum Gasteiger partial charge on any atom is -0.466 e. The van der Waals surface area contributed by atoms with E-state index in [0.717, 1.165) is 25.7 Å². The predicted octanol–water partition coefficient (Wildman–Crippen LogP) is 3.78. The number of aliphatic hydroxyl groups excluding tert-OH is 1. The van der Waals surface area contributed by atoms with Gasteiger partial charge in [0.15, 0.2) is 0 Å². The second kappa shape index (κ2) is 28.6. The summed E-state index contributed by atoms with van der Waals surface area (Å²) in [5.41, 5.74) is 10.5. The Kier molecular flexibility index (Phi) is 33.1. The third-order valence-corrected chi connectivity index (χ3v) is 3.39. The van der Waals surface area contributed by atoms with Crippen molar-refractivity contribution >= 4 is 23.6 Å². The summed E-state index contributed by atoms with van der Waals surface area (Å²) in [6.07, 6.45) is 6.64. The molecule has 0 aromatic heterocycles. The zero-order chi connectivity index (χ0) is 25.9. The quantitative estimate of drug-likeness (QED) is 0.0719. The van der Waals surface area contributed by atoms with Gasteiger partial charge in [-0.2, -0.15) is 0 Å². The van der Waals surface area contributed by atoms with Gasteiger partial charge in [0.05, 0.1) is 6.61 Å². The van der Waals surface area contributed by atoms with Crippen LogP contribution in [-0.2, 0) is 19.2 Å². The number of nitrogens with zero attached hydrogens (tertiary/aromatic N) is 2. The van der Waals surface area contributed by atoms with Crippen LogP contribution >= 0.6 is 0 Å². The summed E-state index contributed by atoms with van der Waals surface area (Å²) in [7, 11) is 0. The molecule has 0 atom stereocenters. The van der Waals surface area contributed by atoms with Crippen LogP contribution in [0.25, 0.3) is 0 Å². The molecule has 0 spiro atoms. The van der Waals surface area contributed by atoms with Crippen molar-refractivity contribution < 1.29 is 29.5 Å². The lowest BCUT2D eigenvalue weighted by Gasteiger charge is -2.00. The maximum Gasteiger partial charge on any atom is 0.332 e. The highest BCUT2D eigenvalue weighted by molar-refractivity contribution is 5.82. The first-order valence-corrected chi connectivity index (χ1v) is 11.1. The lowest BCUT2D eigenvalue weighted by atomic mass is 10.2. The van der Waals surface area contributed by atoms with Crippen molar-refractivity contribution in [3.8, 4) is 0 Å². The Morgan fingerprint density at radius 3 is 1.56 bits per heavy atom. The smallest absolute Gasteiger partial charge is 0.332 e. The van der Waals surface area contributed by atoms with Gasteiger partial charge in [-0.1, -0.05) is 77.5 Å². The summed E-state index contributed by atoms with van der Waals surface area (Å²) in [5, 5.41) is 22.3. The van der Waals surface area contributed by atoms with Gasteiger partial charge < -0.3 is 31.4 Å². The molecule has 0 unspecified atom stereocenters. The van der Waals surface area contributed by atoms with Crippen molar-refractivity contribution in [3.63, 3.8) is 0 Å². The number of esters is 1. The van der Waals surface area contributed by atoms with Gasteiger partial charge >= 0.3 is 11.9 Å². The number of carbonyl (C=O) groups excluding carboxylic acids is 2. The van der Waals surface area contributed by atoms with Crippen LogP contribution in [-0.4, -0.2) is 47.1 Å². The van der Waals surface area contributed by atoms with Crippen molar-refractivity contribution in [1.82, 2.24) is 0 Å². The molecule has 0 bridgehead atoms. The highest BCUT2D eigenvalue weighted by Gasteiger charge is 1.99. The van der Waals surface area contributed by atoms with E-state index in [1.54, 1.807) is 0 Å². The monoisotopic (exact) mass is 464 g/mol. The minimum absolute atomic E-state index is 0.111. The molecule has 0 radical (unpaired) electrons. The Hall–Kier alpha value is -2.36. The fourth-order valence-corrected chi connectivity index (χ4v) is 1.27. The molecule has 192 valence electrons. The number of carbonyl (C=O) groups is 2. The minimum atomic E-state index is -0.455. The van der Waals surface area contributed by atoms with E-state index in [4.69, 9.17) is 26.5 Å². The number of ether oxygens (including phenoxy) is 1. The number of unbranched alkanes of at least 4 members (excludes halogenated alkanes) is 4. The number of aliphatic hydroxyl groups is 1. The number of hydrogen-bond acceptors (Lipinski definition) is 8. The van der Waals surface area contributed by atoms with E-state index < -0.39 is 5.97 Å². The highest BCUT2D eigenvalue weighted by Crippen LogP contribution is 1.94. The van der Waals surface area contributed by atoms with Crippen LogP contribution in [0.4, 0.5) is 0 Å². The molecule has 0 aromatic rings. The van der Waals surface area contributed by atoms with E-state index in [9.17, 15) is 9.59 Å². The first kappa shape index (κ1) is 37.0. The second-order valence-corrected chi connectivity index (χ2v) is 7.41. The van der Waals surface area contributed by atoms with Gasteiger partial charge in [-0.15, -0.1) is 0 Å². The SMILES string of the molecule is CC(=O)O/N=C(\N)C(C)C.CC(C)/C(N)=N/O.CCCCCO.CCCCCOC(C)=O. The molecule has 10 nitrogen and oxygen atoms in total. The lowest BCUT2D eigenvalue weighted by Crippen LogP contribution is -2.19. The van der Waals surface area contributed by atoms with Crippen molar-refractivity contribution in [2.24, 2.45) is 33.6 Å². The normalized spacial score (nSPS) is 10.7. The maximum absolute atomic E-state index is 10.2. The van der Waals surface area contributed by atoms with Crippen LogP contribution in [0.15, 0.2) is 10.3 Å². The molecule has 0 aliphatic heterocycles. The summed E-state index contributed by atoms with van der Waals surface area (Å²) in [6, 6.07) is 0. The van der Waals surface area contributed by atoms with Gasteiger partial charge in [-0.3, -0.25) is 4.79 Å². The molecule has 6 N–H and O–H groups in total. The van der Waals surface area contributed by atoms with Crippen molar-refractivity contribution in [2.75, 3.05) is 13.2 Å². The highest BCUT2D eigenvalue weighted by atomic mass is 16.7. The zero-order valence-corrected chi connectivity index (χ0v) is 21.4. The fraction of sp³-hybridized carbons (Fsp3) is 0.818. The molecule has 32 heavy (non-hydrogen) atoms. The third kappa shape index (κ3) is 41.9. The van der Waals surface area contributed by atoms with E-state index in [2.05, 4.69) is 29.0 Å². The van der Waals surface area contributed by atoms with Crippen molar-refractivity contribution in [3.05, 3.63) is 0 Å². The maximum atomic E-state index is 10.2. The third-order valence-electron chi connectivity index (χ3n) is 3.39. The van der Waals surface area contributed by atoms with Crippen LogP contribution in [0.5, 0.6) is 0 Å². The van der Waals surface area contributed by atoms with E-state index >= 15 is 0 Å². The molecule has 0 saturated carbocycles. The summed E-state index contributed by atoms with van der Waals surface area (Å²) in [6.45, 7) is 15.3. The Labute approximate surface area is 194 Å². The standard InChI is InChI=1S/C7H14O2.C6H12N2O2.C5H12O.C4H10N2O/c1-3-4-5-6-9-7(2)8;1-4(2)6(7)8-10-5(3)9;1-2-3-4-5-6;1-3(2)4(5)6-7/h3-6H2,1-2H3;4H,1-3H3,(H2,7,8);6H,2-5H2,1H3;3,7H,1-2H3,(H2,5,6). The summed E-state index contributed by atoms with van der Waals surface area (Å²) in [5.74, 6) is 0.231. The number of oxime groups is 2. The largest absolute Gasteiger partial charge is 0.466 e. The summed E-state index contributed by atoms with van der Waals surface area (Å²) < 4.78 is 4.70. The lowest BCUT2D eigenvalue weighted by molar-refractivity contribution is -0.142. The average Bonchev–Trinajstić information content (AvgIpc) is 2.73. The molecule has 0 aliphatic carbocycles. The van der Waals surface area contributed by atoms with Gasteiger partial charge in [0.25, 0.3) is 0 Å². The van der Waals surface area contributed by atoms with Crippen LogP contribution < -0.4 is 11.5 Å². The summed E-state index contributed by atoms with van der Waals surface area (Å²) in [4.78, 5) is 24.7. The van der Waals surface area contributed by atoms with E-state index in [1.165, 1.54) is 26.7 Å². The van der Waals surface area contributed by atoms with E-state index in [1.807, 2.05) is 27.7 Å². The first-order chi connectivity index (χ1) is 14.9. The van der Waals surface area contributed by atoms with E-state index in [-0.39, 0.29) is 23.6 Å². The second-order valence-electron chi connectivity index (χ2n) is 7.41. The van der Waals surface area contributed by atoms with Gasteiger partial charge in [0.1, 0.15) is 11.7 Å². The molecule has 0 rings (SSSR count). The Balaban J connectivity index is -0.000000166. The van der Waals surface area contributed by atoms with Gasteiger partial charge in [-0.25, -0.2) is 4.79 Å². The zero-order valence-electron chi connectivity index (χ0n) is 21.4. The molecule has 0 aromatic carbocycles. The molecule has 0 aliphatic rings. The average molecular weight is 465 g/mol. The number of rotatable bonds is 10. The predicted molar refractivity (Wildman–Crippen MR) is 129 cm³/mol. The topological polar surface area (TPSA) is 170 Å². The molecule has 0 saturated heterocycles. The van der Waals surface area contributed by atoms with Gasteiger partial charge in [0.2, 0.25) is 0 Å². The van der Waals surface area contributed by atoms with Crippen LogP contribution in [0.3, 0.4) is 0 Å². The van der Waals surface area contributed by atoms with E-state index in [0.29, 0.717) is 19.0 Å². The van der Waals surface area contributed by atoms with Crippen LogP contribution in [0, 0.1) is 11.8 Å². The van der Waals surface area contributed by atoms with Crippen molar-refractivity contribution in [2.45, 2.75) is 93.9 Å². The number of nitrogens with two attached hydrogens (primary N) is 2. The van der Waals surface area contributed by atoms with Crippen molar-refractivity contribution in [1.29, 1.82) is 0 Å². The van der Waals surface area contributed by atoms with Crippen LogP contribution in [0.1, 0.15) is 93.9 Å². The molecular formula is C22H48N4O6. The van der Waals surface area contributed by atoms with Gasteiger partial charge in [0, 0.05) is 32.3 Å². The molecule has 0 fully saturated rings. The van der Waals surface area contributed by atoms with Gasteiger partial charge in [-0.05, 0) is 12.8 Å².